The number of ether oxygens (including phenoxy) is 1. The number of aliphatic hydroxyl groups is 2. The number of halogens is 1. The lowest BCUT2D eigenvalue weighted by Crippen LogP contribution is -2.74. The van der Waals surface area contributed by atoms with Crippen LogP contribution in [-0.4, -0.2) is 50.5 Å². The average molecular weight is 451 g/mol. The second kappa shape index (κ2) is 6.70. The Hall–Kier alpha value is -2.09. The van der Waals surface area contributed by atoms with E-state index in [9.17, 15) is 30.0 Å². The molecule has 0 radical (unpaired) electrons. The van der Waals surface area contributed by atoms with Gasteiger partial charge in [0.25, 0.3) is 0 Å². The van der Waals surface area contributed by atoms with Gasteiger partial charge in [0.05, 0.1) is 11.1 Å². The van der Waals surface area contributed by atoms with Crippen LogP contribution in [0.3, 0.4) is 0 Å². The Morgan fingerprint density at radius 3 is 2.48 bits per heavy atom. The third-order valence-electron chi connectivity index (χ3n) is 7.92. The van der Waals surface area contributed by atoms with Crippen LogP contribution in [0.1, 0.15) is 49.5 Å². The molecule has 3 aliphatic carbocycles. The lowest BCUT2D eigenvalue weighted by atomic mass is 9.44. The zero-order chi connectivity index (χ0) is 23.1. The van der Waals surface area contributed by atoms with Crippen molar-refractivity contribution in [3.8, 4) is 11.5 Å². The summed E-state index contributed by atoms with van der Waals surface area (Å²) >= 11 is 5.99. The molecule has 31 heavy (non-hydrogen) atoms. The monoisotopic (exact) mass is 450 g/mol. The number of benzene rings is 1. The van der Waals surface area contributed by atoms with Crippen LogP contribution in [0.25, 0.3) is 0 Å². The maximum atomic E-state index is 12.9. The van der Waals surface area contributed by atoms with E-state index in [1.54, 1.807) is 6.08 Å². The molecule has 7 nitrogen and oxygen atoms in total. The van der Waals surface area contributed by atoms with Gasteiger partial charge in [-0.15, -0.1) is 0 Å². The summed E-state index contributed by atoms with van der Waals surface area (Å²) in [7, 11) is 0. The van der Waals surface area contributed by atoms with Crippen LogP contribution in [0.15, 0.2) is 17.7 Å². The molecule has 1 aromatic rings. The van der Waals surface area contributed by atoms with Crippen molar-refractivity contribution in [3.63, 3.8) is 0 Å². The summed E-state index contributed by atoms with van der Waals surface area (Å²) < 4.78 is 5.56. The van der Waals surface area contributed by atoms with Gasteiger partial charge in [0.15, 0.2) is 0 Å². The highest BCUT2D eigenvalue weighted by molar-refractivity contribution is 6.33. The maximum absolute atomic E-state index is 12.9. The number of fused-ring (bicyclic) bond motifs is 3. The molecule has 8 heteroatoms. The molecule has 3 aliphatic rings. The Balaban J connectivity index is 1.69. The number of allylic oxidation sites excluding steroid dienone is 1. The van der Waals surface area contributed by atoms with E-state index in [1.165, 1.54) is 6.92 Å². The van der Waals surface area contributed by atoms with Gasteiger partial charge in [0.2, 0.25) is 0 Å². The molecule has 4 N–H and O–H groups in total. The summed E-state index contributed by atoms with van der Waals surface area (Å²) in [6.45, 7) is 7.19. The number of hydrogen-bond acceptors (Lipinski definition) is 7. The first kappa shape index (κ1) is 22.1. The summed E-state index contributed by atoms with van der Waals surface area (Å²) in [6, 6.07) is 0.949. The molecule has 0 heterocycles. The van der Waals surface area contributed by atoms with Crippen molar-refractivity contribution in [1.29, 1.82) is 0 Å². The number of hydrogen-bond donors (Lipinski definition) is 4. The second-order valence-electron chi connectivity index (χ2n) is 10.1. The third-order valence-corrected chi connectivity index (χ3v) is 8.40. The minimum atomic E-state index is -1.75. The predicted octanol–water partition coefficient (Wildman–Crippen LogP) is 2.89. The minimum Gasteiger partial charge on any atom is -0.507 e. The largest absolute Gasteiger partial charge is 0.507 e. The number of carbonyl (C=O) groups excluding carboxylic acids is 2. The van der Waals surface area contributed by atoms with Crippen molar-refractivity contribution in [3.05, 3.63) is 33.9 Å². The van der Waals surface area contributed by atoms with Crippen LogP contribution >= 0.6 is 11.6 Å². The lowest BCUT2D eigenvalue weighted by Gasteiger charge is -2.64. The van der Waals surface area contributed by atoms with Crippen molar-refractivity contribution in [2.45, 2.75) is 58.3 Å². The topological polar surface area (TPSA) is 124 Å². The van der Waals surface area contributed by atoms with Gasteiger partial charge in [-0.1, -0.05) is 38.4 Å². The van der Waals surface area contributed by atoms with E-state index in [0.717, 1.165) is 6.07 Å². The number of carbonyl (C=O) groups is 2. The van der Waals surface area contributed by atoms with Gasteiger partial charge in [-0.25, -0.2) is 4.79 Å². The van der Waals surface area contributed by atoms with Crippen LogP contribution in [0.5, 0.6) is 11.5 Å². The molecule has 168 valence electrons. The molecule has 0 aromatic heterocycles. The predicted molar refractivity (Wildman–Crippen MR) is 112 cm³/mol. The van der Waals surface area contributed by atoms with E-state index >= 15 is 0 Å². The highest BCUT2D eigenvalue weighted by Crippen LogP contribution is 2.68. The summed E-state index contributed by atoms with van der Waals surface area (Å²) in [5, 5.41) is 42.4. The van der Waals surface area contributed by atoms with Crippen LogP contribution < -0.4 is 0 Å². The number of rotatable bonds is 3. The van der Waals surface area contributed by atoms with Crippen molar-refractivity contribution in [1.82, 2.24) is 0 Å². The molecule has 0 saturated heterocycles. The zero-order valence-corrected chi connectivity index (χ0v) is 18.6. The van der Waals surface area contributed by atoms with Crippen molar-refractivity contribution >= 4 is 23.9 Å². The first-order chi connectivity index (χ1) is 14.3. The Kier molecular flexibility index (Phi) is 4.78. The normalized spacial score (nSPS) is 37.8. The maximum Gasteiger partial charge on any atom is 0.342 e. The van der Waals surface area contributed by atoms with E-state index < -0.39 is 34.9 Å². The van der Waals surface area contributed by atoms with Crippen LogP contribution in [-0.2, 0) is 9.53 Å². The van der Waals surface area contributed by atoms with Gasteiger partial charge in [0, 0.05) is 23.0 Å². The smallest absolute Gasteiger partial charge is 0.342 e. The van der Waals surface area contributed by atoms with E-state index in [0.29, 0.717) is 12.7 Å². The molecule has 0 bridgehead atoms. The molecule has 4 rings (SSSR count). The first-order valence-electron chi connectivity index (χ1n) is 10.3. The van der Waals surface area contributed by atoms with Gasteiger partial charge in [-0.05, 0) is 36.7 Å². The van der Waals surface area contributed by atoms with Crippen molar-refractivity contribution < 1.29 is 34.8 Å². The number of esters is 1. The highest BCUT2D eigenvalue weighted by Gasteiger charge is 2.74. The number of phenols is 2. The summed E-state index contributed by atoms with van der Waals surface area (Å²) in [4.78, 5) is 24.8. The Labute approximate surface area is 185 Å². The molecule has 0 amide bonds. The van der Waals surface area contributed by atoms with Gasteiger partial charge in [-0.2, -0.15) is 0 Å². The summed E-state index contributed by atoms with van der Waals surface area (Å²) in [5.74, 6) is -2.14. The molecular formula is C23H27ClO7. The standard InChI is InChI=1S/C23H27ClO7/c1-10-16(13(26)6-14(27)18(10)24)20(29)31-15-8-22(4)17-11(7-21(2,3)19(17)28)5-12(9-25)23(15,22)30/h5-6,9,11,15,17,19,26-28,30H,7-8H2,1-4H3/t11-,15-,17-,19?,22-,23+/m1/s1. The molecule has 2 saturated carbocycles. The highest BCUT2D eigenvalue weighted by atomic mass is 35.5. The number of phenolic OH excluding ortho intramolecular Hbond substituents is 2. The summed E-state index contributed by atoms with van der Waals surface area (Å²) in [5.41, 5.74) is -2.91. The van der Waals surface area contributed by atoms with E-state index in [2.05, 4.69) is 0 Å². The molecular weight excluding hydrogens is 424 g/mol. The van der Waals surface area contributed by atoms with E-state index in [4.69, 9.17) is 16.3 Å². The zero-order valence-electron chi connectivity index (χ0n) is 17.8. The van der Waals surface area contributed by atoms with E-state index in [1.807, 2.05) is 20.8 Å². The molecule has 0 aliphatic heterocycles. The van der Waals surface area contributed by atoms with Crippen molar-refractivity contribution in [2.75, 3.05) is 0 Å². The van der Waals surface area contributed by atoms with Crippen LogP contribution in [0.4, 0.5) is 0 Å². The van der Waals surface area contributed by atoms with Gasteiger partial charge < -0.3 is 25.2 Å². The van der Waals surface area contributed by atoms with Gasteiger partial charge in [0.1, 0.15) is 35.1 Å². The average Bonchev–Trinajstić information content (AvgIpc) is 2.91. The van der Waals surface area contributed by atoms with Crippen molar-refractivity contribution in [2.24, 2.45) is 22.7 Å². The first-order valence-corrected chi connectivity index (χ1v) is 10.7. The van der Waals surface area contributed by atoms with E-state index in [-0.39, 0.29) is 51.1 Å². The third kappa shape index (κ3) is 2.73. The quantitative estimate of drug-likeness (QED) is 0.412. The lowest BCUT2D eigenvalue weighted by molar-refractivity contribution is -0.257. The Morgan fingerprint density at radius 2 is 1.87 bits per heavy atom. The fraction of sp³-hybridized carbons (Fsp3) is 0.565. The fourth-order valence-electron chi connectivity index (χ4n) is 6.21. The SMILES string of the molecule is Cc1c(Cl)c(O)cc(O)c1C(=O)O[C@@H]1C[C@]2(C)[C@H]3C(O)C(C)(C)C[C@H]3C=C(C=O)[C@]12O. The number of aldehydes is 1. The van der Waals surface area contributed by atoms with Gasteiger partial charge >= 0.3 is 5.97 Å². The van der Waals surface area contributed by atoms with Crippen LogP contribution in [0.2, 0.25) is 5.02 Å². The van der Waals surface area contributed by atoms with Gasteiger partial charge in [-0.3, -0.25) is 4.79 Å². The molecule has 0 spiro atoms. The molecule has 1 aromatic carbocycles. The Morgan fingerprint density at radius 1 is 1.23 bits per heavy atom. The number of aromatic hydroxyl groups is 2. The minimum absolute atomic E-state index is 0.0608. The molecule has 6 atom stereocenters. The molecule has 2 fully saturated rings. The molecule has 1 unspecified atom stereocenters. The fourth-order valence-corrected chi connectivity index (χ4v) is 6.36. The summed E-state index contributed by atoms with van der Waals surface area (Å²) in [6.07, 6.45) is 1.51. The number of aliphatic hydroxyl groups excluding tert-OH is 1. The van der Waals surface area contributed by atoms with Crippen LogP contribution in [0, 0.1) is 29.6 Å². The Bertz CT molecular complexity index is 1020. The second-order valence-corrected chi connectivity index (χ2v) is 10.5.